The summed E-state index contributed by atoms with van der Waals surface area (Å²) in [5, 5.41) is 10.5. The highest BCUT2D eigenvalue weighted by Gasteiger charge is 2.15. The molecular weight excluding hydrogens is 261 g/mol. The highest BCUT2D eigenvalue weighted by molar-refractivity contribution is 9.10. The maximum atomic E-state index is 10.4. The maximum Gasteiger partial charge on any atom is 0.289 e. The van der Waals surface area contributed by atoms with Crippen molar-refractivity contribution in [1.82, 2.24) is 0 Å². The summed E-state index contributed by atoms with van der Waals surface area (Å²) in [5.74, 6) is 0.468. The second-order valence-electron chi connectivity index (χ2n) is 2.20. The van der Waals surface area contributed by atoms with Crippen molar-refractivity contribution in [3.05, 3.63) is 31.7 Å². The quantitative estimate of drug-likeness (QED) is 0.611. The number of rotatable bonds is 2. The molecule has 0 saturated carbocycles. The fraction of sp³-hybridized carbons (Fsp3) is 0.143. The molecule has 0 unspecified atom stereocenters. The number of hydrogen-bond acceptors (Lipinski definition) is 3. The predicted molar refractivity (Wildman–Crippen MR) is 52.4 cm³/mol. The summed E-state index contributed by atoms with van der Waals surface area (Å²) < 4.78 is 5.41. The molecule has 0 N–H and O–H groups in total. The van der Waals surface area contributed by atoms with E-state index < -0.39 is 4.92 Å². The van der Waals surface area contributed by atoms with Gasteiger partial charge in [-0.05, 0) is 15.9 Å². The van der Waals surface area contributed by atoms with E-state index in [0.29, 0.717) is 10.2 Å². The van der Waals surface area contributed by atoms with Crippen LogP contribution in [0.5, 0.6) is 5.75 Å². The van der Waals surface area contributed by atoms with Crippen LogP contribution in [0, 0.1) is 10.1 Å². The number of ether oxygens (including phenoxy) is 1. The molecule has 0 fully saturated rings. The van der Waals surface area contributed by atoms with Gasteiger partial charge in [0.15, 0.2) is 0 Å². The molecule has 1 rings (SSSR count). The molecule has 0 heterocycles. The van der Waals surface area contributed by atoms with Crippen LogP contribution in [0.15, 0.2) is 16.6 Å². The predicted octanol–water partition coefficient (Wildman–Crippen LogP) is 3.02. The molecule has 0 amide bonds. The molecule has 0 spiro atoms. The molecule has 0 aliphatic rings. The van der Waals surface area contributed by atoms with Crippen LogP contribution in [-0.4, -0.2) is 12.0 Å². The van der Waals surface area contributed by atoms with Crippen LogP contribution >= 0.6 is 27.5 Å². The van der Waals surface area contributed by atoms with E-state index in [1.54, 1.807) is 0 Å². The SMILES string of the molecule is COc1cc(Cl)c([N+](=O)[O-])cc1Br. The maximum absolute atomic E-state index is 10.4. The minimum absolute atomic E-state index is 0.0602. The van der Waals surface area contributed by atoms with E-state index in [2.05, 4.69) is 15.9 Å². The van der Waals surface area contributed by atoms with Crippen molar-refractivity contribution < 1.29 is 9.66 Å². The highest BCUT2D eigenvalue weighted by Crippen LogP contribution is 2.35. The van der Waals surface area contributed by atoms with Crippen LogP contribution in [0.25, 0.3) is 0 Å². The average Bonchev–Trinajstić information content (AvgIpc) is 2.07. The molecule has 70 valence electrons. The summed E-state index contributed by atoms with van der Waals surface area (Å²) in [6.07, 6.45) is 0. The minimum atomic E-state index is -0.549. The van der Waals surface area contributed by atoms with Gasteiger partial charge in [-0.15, -0.1) is 0 Å². The van der Waals surface area contributed by atoms with E-state index in [-0.39, 0.29) is 10.7 Å². The first kappa shape index (κ1) is 10.3. The van der Waals surface area contributed by atoms with Gasteiger partial charge in [0.2, 0.25) is 0 Å². The van der Waals surface area contributed by atoms with Crippen LogP contribution in [0.4, 0.5) is 5.69 Å². The fourth-order valence-electron chi connectivity index (χ4n) is 0.814. The monoisotopic (exact) mass is 265 g/mol. The number of nitrogens with zero attached hydrogens (tertiary/aromatic N) is 1. The largest absolute Gasteiger partial charge is 0.496 e. The van der Waals surface area contributed by atoms with Gasteiger partial charge in [-0.1, -0.05) is 11.6 Å². The van der Waals surface area contributed by atoms with Crippen LogP contribution < -0.4 is 4.74 Å². The van der Waals surface area contributed by atoms with Gasteiger partial charge in [0.1, 0.15) is 10.8 Å². The molecule has 0 aliphatic heterocycles. The van der Waals surface area contributed by atoms with Crippen molar-refractivity contribution in [3.8, 4) is 5.75 Å². The number of hydrogen-bond donors (Lipinski definition) is 0. The third-order valence-corrected chi connectivity index (χ3v) is 2.34. The highest BCUT2D eigenvalue weighted by atomic mass is 79.9. The number of benzene rings is 1. The Kier molecular flexibility index (Phi) is 3.11. The molecule has 0 aliphatic carbocycles. The molecule has 0 aromatic heterocycles. The zero-order valence-electron chi connectivity index (χ0n) is 6.58. The molecule has 0 saturated heterocycles. The number of halogens is 2. The Bertz CT molecular complexity index is 356. The number of nitro benzene ring substituents is 1. The van der Waals surface area contributed by atoms with E-state index >= 15 is 0 Å². The van der Waals surface area contributed by atoms with Crippen LogP contribution in [0.1, 0.15) is 0 Å². The summed E-state index contributed by atoms with van der Waals surface area (Å²) in [5.41, 5.74) is -0.144. The van der Waals surface area contributed by atoms with Crippen LogP contribution in [-0.2, 0) is 0 Å². The van der Waals surface area contributed by atoms with Gasteiger partial charge in [0.25, 0.3) is 5.69 Å². The first-order valence-corrected chi connectivity index (χ1v) is 4.40. The van der Waals surface area contributed by atoms with Crippen molar-refractivity contribution in [2.24, 2.45) is 0 Å². The standard InChI is InChI=1S/C7H5BrClNO3/c1-13-7-3-5(9)6(10(11)12)2-4(7)8/h2-3H,1H3. The number of methoxy groups -OCH3 is 1. The lowest BCUT2D eigenvalue weighted by Crippen LogP contribution is -1.91. The first-order valence-electron chi connectivity index (χ1n) is 3.23. The lowest BCUT2D eigenvalue weighted by Gasteiger charge is -2.03. The Morgan fingerprint density at radius 2 is 2.23 bits per heavy atom. The van der Waals surface area contributed by atoms with Gasteiger partial charge in [-0.3, -0.25) is 10.1 Å². The van der Waals surface area contributed by atoms with Crippen molar-refractivity contribution in [3.63, 3.8) is 0 Å². The molecule has 13 heavy (non-hydrogen) atoms. The van der Waals surface area contributed by atoms with Crippen molar-refractivity contribution in [2.45, 2.75) is 0 Å². The molecule has 4 nitrogen and oxygen atoms in total. The normalized spacial score (nSPS) is 9.77. The smallest absolute Gasteiger partial charge is 0.289 e. The number of nitro groups is 1. The third-order valence-electron chi connectivity index (χ3n) is 1.42. The van der Waals surface area contributed by atoms with E-state index in [9.17, 15) is 10.1 Å². The Hall–Kier alpha value is -0.810. The summed E-state index contributed by atoms with van der Waals surface area (Å²) in [6.45, 7) is 0. The van der Waals surface area contributed by atoms with Gasteiger partial charge in [0.05, 0.1) is 16.5 Å². The Morgan fingerprint density at radius 3 is 2.69 bits per heavy atom. The van der Waals surface area contributed by atoms with Gasteiger partial charge in [-0.2, -0.15) is 0 Å². The van der Waals surface area contributed by atoms with Crippen molar-refractivity contribution in [2.75, 3.05) is 7.11 Å². The third kappa shape index (κ3) is 2.10. The van der Waals surface area contributed by atoms with Gasteiger partial charge < -0.3 is 4.74 Å². The summed E-state index contributed by atoms with van der Waals surface area (Å²) in [7, 11) is 1.46. The lowest BCUT2D eigenvalue weighted by atomic mass is 10.3. The summed E-state index contributed by atoms with van der Waals surface area (Å²) >= 11 is 8.75. The Balaban J connectivity index is 3.28. The fourth-order valence-corrected chi connectivity index (χ4v) is 1.53. The van der Waals surface area contributed by atoms with Gasteiger partial charge in [0, 0.05) is 12.1 Å². The van der Waals surface area contributed by atoms with E-state index in [1.165, 1.54) is 19.2 Å². The topological polar surface area (TPSA) is 52.4 Å². The molecule has 0 bridgehead atoms. The van der Waals surface area contributed by atoms with E-state index in [4.69, 9.17) is 16.3 Å². The average molecular weight is 266 g/mol. The van der Waals surface area contributed by atoms with E-state index in [0.717, 1.165) is 0 Å². The van der Waals surface area contributed by atoms with Crippen molar-refractivity contribution >= 4 is 33.2 Å². The zero-order chi connectivity index (χ0) is 10.0. The molecule has 0 atom stereocenters. The molecule has 1 aromatic carbocycles. The Labute approximate surface area is 87.7 Å². The second-order valence-corrected chi connectivity index (χ2v) is 3.46. The molecule has 6 heteroatoms. The molecule has 1 aromatic rings. The lowest BCUT2D eigenvalue weighted by molar-refractivity contribution is -0.384. The summed E-state index contributed by atoms with van der Waals surface area (Å²) in [6, 6.07) is 2.70. The summed E-state index contributed by atoms with van der Waals surface area (Å²) in [4.78, 5) is 9.88. The van der Waals surface area contributed by atoms with Gasteiger partial charge >= 0.3 is 0 Å². The van der Waals surface area contributed by atoms with Gasteiger partial charge in [-0.25, -0.2) is 0 Å². The van der Waals surface area contributed by atoms with E-state index in [1.807, 2.05) is 0 Å². The molecule has 0 radical (unpaired) electrons. The van der Waals surface area contributed by atoms with Crippen molar-refractivity contribution in [1.29, 1.82) is 0 Å². The second kappa shape index (κ2) is 3.93. The molecular formula is C7H5BrClNO3. The zero-order valence-corrected chi connectivity index (χ0v) is 8.92. The minimum Gasteiger partial charge on any atom is -0.496 e. The Morgan fingerprint density at radius 1 is 1.62 bits per heavy atom. The first-order chi connectivity index (χ1) is 6.06. The van der Waals surface area contributed by atoms with Crippen LogP contribution in [0.2, 0.25) is 5.02 Å². The van der Waals surface area contributed by atoms with Crippen LogP contribution in [0.3, 0.4) is 0 Å².